The molecule has 2 heterocycles. The summed E-state index contributed by atoms with van der Waals surface area (Å²) in [5.41, 5.74) is 2.79. The number of amides is 1. The van der Waals surface area contributed by atoms with Gasteiger partial charge in [-0.2, -0.15) is 0 Å². The van der Waals surface area contributed by atoms with Gasteiger partial charge in [0, 0.05) is 44.3 Å². The van der Waals surface area contributed by atoms with Crippen molar-refractivity contribution in [1.29, 1.82) is 0 Å². The second-order valence-corrected chi connectivity index (χ2v) is 8.74. The van der Waals surface area contributed by atoms with Crippen LogP contribution in [0.4, 0.5) is 0 Å². The Morgan fingerprint density at radius 3 is 2.46 bits per heavy atom. The summed E-state index contributed by atoms with van der Waals surface area (Å²) >= 11 is 0. The molecule has 3 fully saturated rings. The van der Waals surface area contributed by atoms with Gasteiger partial charge in [-0.05, 0) is 49.8 Å². The molecule has 0 unspecified atom stereocenters. The number of carbonyl (C=O) groups excluding carboxylic acids is 1. The minimum absolute atomic E-state index is 0.0826. The summed E-state index contributed by atoms with van der Waals surface area (Å²) in [6.45, 7) is 3.97. The van der Waals surface area contributed by atoms with Crippen molar-refractivity contribution < 1.29 is 4.79 Å². The molecule has 0 bridgehead atoms. The van der Waals surface area contributed by atoms with Crippen LogP contribution in [0.2, 0.25) is 0 Å². The zero-order valence-electron chi connectivity index (χ0n) is 16.5. The van der Waals surface area contributed by atoms with E-state index >= 15 is 0 Å². The molecule has 1 aromatic carbocycles. The third-order valence-electron chi connectivity index (χ3n) is 6.69. The molecule has 6 heteroatoms. The standard InChI is InChI=1S/C22H30N4O2/c27-21(24-12-10-23-11-13-24)17-8-9-19-20(14-17)25(15-16-6-7-16)22(28)26(19)18-4-2-1-3-5-18/h8-9,14,16,18,23H,1-7,10-13,15H2. The zero-order chi connectivity index (χ0) is 19.1. The van der Waals surface area contributed by atoms with Gasteiger partial charge in [-0.3, -0.25) is 13.9 Å². The molecule has 6 nitrogen and oxygen atoms in total. The number of carbonyl (C=O) groups is 1. The molecule has 150 valence electrons. The van der Waals surface area contributed by atoms with Gasteiger partial charge in [0.15, 0.2) is 0 Å². The first kappa shape index (κ1) is 18.0. The van der Waals surface area contributed by atoms with Crippen molar-refractivity contribution in [2.75, 3.05) is 26.2 Å². The molecule has 0 spiro atoms. The molecule has 1 aromatic heterocycles. The summed E-state index contributed by atoms with van der Waals surface area (Å²) < 4.78 is 3.99. The minimum atomic E-state index is 0.0826. The fraction of sp³-hybridized carbons (Fsp3) is 0.636. The van der Waals surface area contributed by atoms with Crippen molar-refractivity contribution in [3.05, 3.63) is 34.2 Å². The Bertz CT molecular complexity index is 928. The number of rotatable bonds is 4. The Morgan fingerprint density at radius 1 is 1.00 bits per heavy atom. The van der Waals surface area contributed by atoms with Crippen LogP contribution in [-0.2, 0) is 6.54 Å². The van der Waals surface area contributed by atoms with Crippen LogP contribution >= 0.6 is 0 Å². The van der Waals surface area contributed by atoms with Crippen molar-refractivity contribution >= 4 is 16.9 Å². The lowest BCUT2D eigenvalue weighted by molar-refractivity contribution is 0.0736. The van der Waals surface area contributed by atoms with Gasteiger partial charge in [0.2, 0.25) is 0 Å². The first-order chi connectivity index (χ1) is 13.7. The summed E-state index contributed by atoms with van der Waals surface area (Å²) in [6.07, 6.45) is 8.27. The van der Waals surface area contributed by atoms with E-state index in [1.807, 2.05) is 32.2 Å². The lowest BCUT2D eigenvalue weighted by Crippen LogP contribution is -2.46. The van der Waals surface area contributed by atoms with Crippen LogP contribution in [0.25, 0.3) is 11.0 Å². The SMILES string of the molecule is O=C(c1ccc2c(c1)n(CC1CC1)c(=O)n2C1CCCCC1)N1CCNCC1. The van der Waals surface area contributed by atoms with Crippen LogP contribution in [0.5, 0.6) is 0 Å². The summed E-state index contributed by atoms with van der Waals surface area (Å²) in [7, 11) is 0. The van der Waals surface area contributed by atoms with Crippen LogP contribution in [0.3, 0.4) is 0 Å². The van der Waals surface area contributed by atoms with E-state index in [0.717, 1.165) is 56.6 Å². The Hall–Kier alpha value is -2.08. The van der Waals surface area contributed by atoms with E-state index in [0.29, 0.717) is 17.5 Å². The van der Waals surface area contributed by atoms with Gasteiger partial charge in [0.25, 0.3) is 5.91 Å². The van der Waals surface area contributed by atoms with Gasteiger partial charge in [-0.15, -0.1) is 0 Å². The summed E-state index contributed by atoms with van der Waals surface area (Å²) in [5.74, 6) is 0.704. The quantitative estimate of drug-likeness (QED) is 0.885. The van der Waals surface area contributed by atoms with Gasteiger partial charge in [0.1, 0.15) is 0 Å². The van der Waals surface area contributed by atoms with E-state index in [1.165, 1.54) is 32.1 Å². The molecule has 2 aliphatic carbocycles. The molecular weight excluding hydrogens is 352 g/mol. The van der Waals surface area contributed by atoms with Gasteiger partial charge in [-0.1, -0.05) is 19.3 Å². The number of hydrogen-bond donors (Lipinski definition) is 1. The highest BCUT2D eigenvalue weighted by Crippen LogP contribution is 2.34. The zero-order valence-corrected chi connectivity index (χ0v) is 16.5. The Labute approximate surface area is 165 Å². The number of aromatic nitrogens is 2. The van der Waals surface area contributed by atoms with Crippen molar-refractivity contribution in [2.24, 2.45) is 5.92 Å². The first-order valence-electron chi connectivity index (χ1n) is 11.0. The predicted octanol–water partition coefficient (Wildman–Crippen LogP) is 2.76. The van der Waals surface area contributed by atoms with Crippen LogP contribution in [0.1, 0.15) is 61.3 Å². The highest BCUT2D eigenvalue weighted by atomic mass is 16.2. The fourth-order valence-corrected chi connectivity index (χ4v) is 4.89. The lowest BCUT2D eigenvalue weighted by atomic mass is 9.95. The highest BCUT2D eigenvalue weighted by molar-refractivity contribution is 5.97. The number of nitrogens with one attached hydrogen (secondary N) is 1. The molecule has 0 atom stereocenters. The number of benzene rings is 1. The first-order valence-corrected chi connectivity index (χ1v) is 11.0. The second-order valence-electron chi connectivity index (χ2n) is 8.74. The van der Waals surface area contributed by atoms with E-state index in [4.69, 9.17) is 0 Å². The van der Waals surface area contributed by atoms with Crippen LogP contribution in [-0.4, -0.2) is 46.1 Å². The van der Waals surface area contributed by atoms with Gasteiger partial charge < -0.3 is 10.2 Å². The van der Waals surface area contributed by atoms with Gasteiger partial charge in [0.05, 0.1) is 11.0 Å². The van der Waals surface area contributed by atoms with Crippen molar-refractivity contribution in [1.82, 2.24) is 19.4 Å². The third-order valence-corrected chi connectivity index (χ3v) is 6.69. The van der Waals surface area contributed by atoms with E-state index in [2.05, 4.69) is 5.32 Å². The average molecular weight is 383 g/mol. The predicted molar refractivity (Wildman–Crippen MR) is 110 cm³/mol. The molecule has 0 radical (unpaired) electrons. The number of nitrogens with zero attached hydrogens (tertiary/aromatic N) is 3. The normalized spacial score (nSPS) is 21.4. The Morgan fingerprint density at radius 2 is 1.75 bits per heavy atom. The number of imidazole rings is 1. The van der Waals surface area contributed by atoms with Gasteiger partial charge in [-0.25, -0.2) is 4.79 Å². The Kier molecular flexibility index (Phi) is 4.75. The van der Waals surface area contributed by atoms with Crippen LogP contribution in [0, 0.1) is 5.92 Å². The maximum atomic E-state index is 13.4. The van der Waals surface area contributed by atoms with Crippen molar-refractivity contribution in [3.8, 4) is 0 Å². The number of piperazine rings is 1. The molecule has 2 saturated carbocycles. The van der Waals surface area contributed by atoms with Crippen LogP contribution < -0.4 is 11.0 Å². The largest absolute Gasteiger partial charge is 0.336 e. The monoisotopic (exact) mass is 382 g/mol. The average Bonchev–Trinajstić information content (AvgIpc) is 3.53. The van der Waals surface area contributed by atoms with E-state index < -0.39 is 0 Å². The summed E-state index contributed by atoms with van der Waals surface area (Å²) in [6, 6.07) is 6.22. The fourth-order valence-electron chi connectivity index (χ4n) is 4.89. The van der Waals surface area contributed by atoms with Gasteiger partial charge >= 0.3 is 5.69 Å². The number of fused-ring (bicyclic) bond motifs is 1. The van der Waals surface area contributed by atoms with E-state index in [9.17, 15) is 9.59 Å². The topological polar surface area (TPSA) is 59.3 Å². The minimum Gasteiger partial charge on any atom is -0.336 e. The molecule has 28 heavy (non-hydrogen) atoms. The molecule has 3 aliphatic rings. The molecule has 2 aromatic rings. The molecule has 5 rings (SSSR count). The molecule has 1 amide bonds. The van der Waals surface area contributed by atoms with Crippen molar-refractivity contribution in [3.63, 3.8) is 0 Å². The molecule has 1 N–H and O–H groups in total. The maximum absolute atomic E-state index is 13.4. The molecular formula is C22H30N4O2. The Balaban J connectivity index is 1.56. The molecule has 1 aliphatic heterocycles. The van der Waals surface area contributed by atoms with Crippen LogP contribution in [0.15, 0.2) is 23.0 Å². The number of hydrogen-bond acceptors (Lipinski definition) is 3. The smallest absolute Gasteiger partial charge is 0.329 e. The third kappa shape index (κ3) is 3.28. The summed E-state index contributed by atoms with van der Waals surface area (Å²) in [5, 5.41) is 3.29. The molecule has 1 saturated heterocycles. The maximum Gasteiger partial charge on any atom is 0.329 e. The highest BCUT2D eigenvalue weighted by Gasteiger charge is 2.28. The lowest BCUT2D eigenvalue weighted by Gasteiger charge is -2.27. The summed E-state index contributed by atoms with van der Waals surface area (Å²) in [4.78, 5) is 28.3. The van der Waals surface area contributed by atoms with Crippen molar-refractivity contribution in [2.45, 2.75) is 57.5 Å². The second kappa shape index (κ2) is 7.39. The van der Waals surface area contributed by atoms with E-state index in [-0.39, 0.29) is 11.6 Å². The van der Waals surface area contributed by atoms with E-state index in [1.54, 1.807) is 0 Å².